The molecule has 1 amide bonds. The Hall–Kier alpha value is -0.570. The van der Waals surface area contributed by atoms with Gasteiger partial charge in [-0.1, -0.05) is 13.8 Å². The van der Waals surface area contributed by atoms with Crippen LogP contribution in [0.15, 0.2) is 0 Å². The van der Waals surface area contributed by atoms with E-state index in [0.29, 0.717) is 18.0 Å². The van der Waals surface area contributed by atoms with Gasteiger partial charge in [0.2, 0.25) is 5.91 Å². The Morgan fingerprint density at radius 2 is 1.89 bits per heavy atom. The highest BCUT2D eigenvalue weighted by Crippen LogP contribution is 2.32. The molecule has 0 aromatic carbocycles. The molecule has 0 aromatic heterocycles. The number of carbonyl (C=O) groups is 1. The number of quaternary nitrogens is 1. The highest BCUT2D eigenvalue weighted by Gasteiger charge is 2.46. The van der Waals surface area contributed by atoms with Crippen molar-refractivity contribution < 1.29 is 9.28 Å². The summed E-state index contributed by atoms with van der Waals surface area (Å²) in [6.07, 6.45) is 4.02. The summed E-state index contributed by atoms with van der Waals surface area (Å²) in [6, 6.07) is 1.39. The molecule has 0 N–H and O–H groups in total. The number of hydrogen-bond acceptors (Lipinski definition) is 1. The molecule has 0 aliphatic carbocycles. The maximum absolute atomic E-state index is 12.2. The molecule has 2 rings (SSSR count). The minimum Gasteiger partial charge on any atom is -0.331 e. The van der Waals surface area contributed by atoms with Crippen molar-refractivity contribution >= 4 is 5.91 Å². The number of hydrogen-bond donors (Lipinski definition) is 0. The molecule has 0 bridgehead atoms. The molecule has 0 saturated carbocycles. The Bertz CT molecular complexity index is 314. The van der Waals surface area contributed by atoms with Crippen molar-refractivity contribution in [2.45, 2.75) is 59.0 Å². The summed E-state index contributed by atoms with van der Waals surface area (Å²) >= 11 is 0. The van der Waals surface area contributed by atoms with Crippen molar-refractivity contribution in [3.63, 3.8) is 0 Å². The lowest BCUT2D eigenvalue weighted by atomic mass is 9.92. The summed E-state index contributed by atoms with van der Waals surface area (Å²) in [6.45, 7) is 13.2. The van der Waals surface area contributed by atoms with Gasteiger partial charge in [0.1, 0.15) is 6.04 Å². The third kappa shape index (κ3) is 2.29. The largest absolute Gasteiger partial charge is 0.331 e. The van der Waals surface area contributed by atoms with E-state index in [4.69, 9.17) is 0 Å². The average Bonchev–Trinajstić information content (AvgIpc) is 2.36. The number of piperidine rings is 1. The van der Waals surface area contributed by atoms with Crippen LogP contribution >= 0.6 is 0 Å². The van der Waals surface area contributed by atoms with Crippen LogP contribution in [0, 0.1) is 5.92 Å². The van der Waals surface area contributed by atoms with Crippen LogP contribution in [0.2, 0.25) is 0 Å². The van der Waals surface area contributed by atoms with Crippen LogP contribution < -0.4 is 0 Å². The first kappa shape index (κ1) is 13.9. The summed E-state index contributed by atoms with van der Waals surface area (Å²) in [5.41, 5.74) is 0. The molecule has 2 heterocycles. The Balaban J connectivity index is 2.11. The standard InChI is InChI=1S/C15H29N2O/c1-12(2)15(18)16-8-10-17(13(3)4)9-6-5-7-14(17)11-16/h12-14H,5-11H2,1-4H3/q+1. The first-order valence-corrected chi connectivity index (χ1v) is 7.62. The molecule has 104 valence electrons. The second-order valence-corrected chi connectivity index (χ2v) is 6.73. The molecule has 2 saturated heterocycles. The molecule has 2 aliphatic rings. The number of amides is 1. The predicted octanol–water partition coefficient (Wildman–Crippen LogP) is 2.26. The van der Waals surface area contributed by atoms with E-state index < -0.39 is 0 Å². The van der Waals surface area contributed by atoms with Crippen molar-refractivity contribution in [1.82, 2.24) is 4.90 Å². The van der Waals surface area contributed by atoms with Gasteiger partial charge in [-0.15, -0.1) is 0 Å². The topological polar surface area (TPSA) is 20.3 Å². The Kier molecular flexibility index (Phi) is 4.00. The zero-order chi connectivity index (χ0) is 13.3. The molecule has 2 fully saturated rings. The molecule has 0 radical (unpaired) electrons. The number of nitrogens with zero attached hydrogens (tertiary/aromatic N) is 2. The van der Waals surface area contributed by atoms with Crippen LogP contribution in [0.5, 0.6) is 0 Å². The molecule has 0 spiro atoms. The van der Waals surface area contributed by atoms with E-state index in [1.807, 2.05) is 13.8 Å². The first-order valence-electron chi connectivity index (χ1n) is 7.62. The molecule has 2 atom stereocenters. The molecule has 2 unspecified atom stereocenters. The molecular weight excluding hydrogens is 224 g/mol. The SMILES string of the molecule is CC(C)C(=O)N1CC[N+]2(C(C)C)CCCCC2C1. The zero-order valence-electron chi connectivity index (χ0n) is 12.5. The van der Waals surface area contributed by atoms with Gasteiger partial charge >= 0.3 is 0 Å². The summed E-state index contributed by atoms with van der Waals surface area (Å²) < 4.78 is 1.27. The van der Waals surface area contributed by atoms with Gasteiger partial charge in [-0.2, -0.15) is 0 Å². The predicted molar refractivity (Wildman–Crippen MR) is 74.2 cm³/mol. The molecule has 3 heteroatoms. The fourth-order valence-electron chi connectivity index (χ4n) is 3.93. The molecule has 0 aromatic rings. The summed E-state index contributed by atoms with van der Waals surface area (Å²) in [5, 5.41) is 0. The Morgan fingerprint density at radius 3 is 2.50 bits per heavy atom. The van der Waals surface area contributed by atoms with E-state index in [-0.39, 0.29) is 5.92 Å². The van der Waals surface area contributed by atoms with Gasteiger partial charge in [-0.25, -0.2) is 0 Å². The summed E-state index contributed by atoms with van der Waals surface area (Å²) in [5.74, 6) is 0.495. The fraction of sp³-hybridized carbons (Fsp3) is 0.933. The van der Waals surface area contributed by atoms with Crippen molar-refractivity contribution in [3.8, 4) is 0 Å². The highest BCUT2D eigenvalue weighted by atomic mass is 16.2. The molecular formula is C15H29N2O+. The van der Waals surface area contributed by atoms with Crippen molar-refractivity contribution in [2.75, 3.05) is 26.2 Å². The quantitative estimate of drug-likeness (QED) is 0.691. The van der Waals surface area contributed by atoms with Gasteiger partial charge in [0.15, 0.2) is 0 Å². The van der Waals surface area contributed by atoms with E-state index in [1.54, 1.807) is 0 Å². The van der Waals surface area contributed by atoms with Crippen LogP contribution in [0.25, 0.3) is 0 Å². The normalized spacial score (nSPS) is 32.8. The van der Waals surface area contributed by atoms with E-state index in [2.05, 4.69) is 18.7 Å². The number of rotatable bonds is 2. The van der Waals surface area contributed by atoms with Gasteiger partial charge < -0.3 is 9.38 Å². The van der Waals surface area contributed by atoms with Crippen LogP contribution in [0.4, 0.5) is 0 Å². The lowest BCUT2D eigenvalue weighted by molar-refractivity contribution is -0.977. The second-order valence-electron chi connectivity index (χ2n) is 6.73. The first-order chi connectivity index (χ1) is 8.47. The Labute approximate surface area is 112 Å². The van der Waals surface area contributed by atoms with Gasteiger partial charge in [0.25, 0.3) is 0 Å². The van der Waals surface area contributed by atoms with Crippen LogP contribution in [-0.4, -0.2) is 53.6 Å². The van der Waals surface area contributed by atoms with Gasteiger partial charge in [-0.05, 0) is 26.7 Å². The maximum atomic E-state index is 12.2. The average molecular weight is 253 g/mol. The smallest absolute Gasteiger partial charge is 0.225 e. The van der Waals surface area contributed by atoms with E-state index in [9.17, 15) is 4.79 Å². The van der Waals surface area contributed by atoms with E-state index >= 15 is 0 Å². The molecule has 18 heavy (non-hydrogen) atoms. The van der Waals surface area contributed by atoms with E-state index in [0.717, 1.165) is 13.1 Å². The van der Waals surface area contributed by atoms with Crippen molar-refractivity contribution in [3.05, 3.63) is 0 Å². The van der Waals surface area contributed by atoms with Crippen molar-refractivity contribution in [2.24, 2.45) is 5.92 Å². The summed E-state index contributed by atoms with van der Waals surface area (Å²) in [7, 11) is 0. The summed E-state index contributed by atoms with van der Waals surface area (Å²) in [4.78, 5) is 14.3. The Morgan fingerprint density at radius 1 is 1.17 bits per heavy atom. The third-order valence-corrected chi connectivity index (χ3v) is 5.14. The minimum atomic E-state index is 0.146. The zero-order valence-corrected chi connectivity index (χ0v) is 12.5. The highest BCUT2D eigenvalue weighted by molar-refractivity contribution is 5.78. The lowest BCUT2D eigenvalue weighted by Crippen LogP contribution is -2.70. The third-order valence-electron chi connectivity index (χ3n) is 5.14. The number of piperazine rings is 1. The van der Waals surface area contributed by atoms with Gasteiger partial charge in [-0.3, -0.25) is 4.79 Å². The fourth-order valence-corrected chi connectivity index (χ4v) is 3.93. The number of carbonyl (C=O) groups excluding carboxylic acids is 1. The molecule has 2 aliphatic heterocycles. The maximum Gasteiger partial charge on any atom is 0.225 e. The van der Waals surface area contributed by atoms with Crippen LogP contribution in [0.1, 0.15) is 47.0 Å². The molecule has 3 nitrogen and oxygen atoms in total. The minimum absolute atomic E-state index is 0.146. The van der Waals surface area contributed by atoms with Crippen LogP contribution in [-0.2, 0) is 4.79 Å². The van der Waals surface area contributed by atoms with Gasteiger partial charge in [0.05, 0.1) is 32.2 Å². The number of fused-ring (bicyclic) bond motifs is 1. The van der Waals surface area contributed by atoms with E-state index in [1.165, 1.54) is 36.8 Å². The second kappa shape index (κ2) is 5.20. The van der Waals surface area contributed by atoms with Crippen molar-refractivity contribution in [1.29, 1.82) is 0 Å². The van der Waals surface area contributed by atoms with Crippen LogP contribution in [0.3, 0.4) is 0 Å². The van der Waals surface area contributed by atoms with Gasteiger partial charge in [0, 0.05) is 12.3 Å². The lowest BCUT2D eigenvalue weighted by Gasteiger charge is -2.55. The monoisotopic (exact) mass is 253 g/mol.